The number of nitrogens with one attached hydrogen (secondary N) is 2. The fraction of sp³-hybridized carbons (Fsp3) is 0.357. The van der Waals surface area contributed by atoms with Crippen LogP contribution in [0.2, 0.25) is 0 Å². The minimum Gasteiger partial charge on any atom is -0.333 e. The Morgan fingerprint density at radius 1 is 1.43 bits per heavy atom. The Hall–Kier alpha value is -2.16. The fourth-order valence-corrected chi connectivity index (χ4v) is 3.02. The monoisotopic (exact) mass is 339 g/mol. The number of nitrogens with zero attached hydrogens (tertiary/aromatic N) is 3. The highest BCUT2D eigenvalue weighted by atomic mass is 32.2. The molecule has 9 heteroatoms. The zero-order valence-corrected chi connectivity index (χ0v) is 12.9. The number of urea groups is 1. The molecule has 1 unspecified atom stereocenters. The number of carbonyl (C=O) groups is 1. The van der Waals surface area contributed by atoms with Gasteiger partial charge in [-0.25, -0.2) is 14.5 Å². The van der Waals surface area contributed by atoms with E-state index in [1.54, 1.807) is 22.9 Å². The van der Waals surface area contributed by atoms with Crippen LogP contribution in [0.3, 0.4) is 0 Å². The van der Waals surface area contributed by atoms with Crippen LogP contribution < -0.4 is 10.6 Å². The number of aromatic nitrogens is 3. The third-order valence-corrected chi connectivity index (χ3v) is 4.16. The Labute approximate surface area is 135 Å². The molecule has 2 aromatic rings. The topological polar surface area (TPSA) is 71.8 Å². The van der Waals surface area contributed by atoms with Crippen molar-refractivity contribution in [1.82, 2.24) is 20.1 Å². The molecule has 1 atom stereocenters. The van der Waals surface area contributed by atoms with Crippen molar-refractivity contribution in [3.8, 4) is 0 Å². The van der Waals surface area contributed by atoms with E-state index in [-0.39, 0.29) is 12.1 Å². The number of fused-ring (bicyclic) bond motifs is 1. The molecular formula is C14H15F2N5OS. The van der Waals surface area contributed by atoms with Gasteiger partial charge in [-0.05, 0) is 24.6 Å². The maximum Gasteiger partial charge on any atom is 0.319 e. The van der Waals surface area contributed by atoms with Crippen molar-refractivity contribution in [1.29, 1.82) is 0 Å². The number of rotatable bonds is 4. The number of aryl methyl sites for hydroxylation is 1. The van der Waals surface area contributed by atoms with Crippen LogP contribution in [0.15, 0.2) is 35.5 Å². The maximum absolute atomic E-state index is 12.4. The molecule has 1 aliphatic heterocycles. The second kappa shape index (κ2) is 6.95. The van der Waals surface area contributed by atoms with Crippen molar-refractivity contribution in [3.63, 3.8) is 0 Å². The summed E-state index contributed by atoms with van der Waals surface area (Å²) in [6, 6.07) is 5.98. The van der Waals surface area contributed by atoms with Gasteiger partial charge in [0.2, 0.25) is 0 Å². The van der Waals surface area contributed by atoms with Crippen LogP contribution in [-0.2, 0) is 13.0 Å². The molecule has 0 saturated carbocycles. The molecule has 2 heterocycles. The molecular weight excluding hydrogens is 324 g/mol. The number of hydrogen-bond acceptors (Lipinski definition) is 4. The zero-order chi connectivity index (χ0) is 16.2. The van der Waals surface area contributed by atoms with Gasteiger partial charge in [0.1, 0.15) is 12.2 Å². The molecule has 0 spiro atoms. The summed E-state index contributed by atoms with van der Waals surface area (Å²) in [4.78, 5) is 16.6. The van der Waals surface area contributed by atoms with E-state index in [0.29, 0.717) is 28.9 Å². The average molecular weight is 339 g/mol. The second-order valence-electron chi connectivity index (χ2n) is 5.10. The summed E-state index contributed by atoms with van der Waals surface area (Å²) in [6.07, 6.45) is 3.04. The predicted molar refractivity (Wildman–Crippen MR) is 82.6 cm³/mol. The smallest absolute Gasteiger partial charge is 0.319 e. The molecule has 0 radical (unpaired) electrons. The van der Waals surface area contributed by atoms with Gasteiger partial charge in [0, 0.05) is 17.0 Å². The van der Waals surface area contributed by atoms with E-state index in [0.717, 1.165) is 18.7 Å². The van der Waals surface area contributed by atoms with Gasteiger partial charge in [0.05, 0.1) is 12.6 Å². The van der Waals surface area contributed by atoms with Crippen LogP contribution in [-0.4, -0.2) is 32.6 Å². The van der Waals surface area contributed by atoms with E-state index in [4.69, 9.17) is 0 Å². The van der Waals surface area contributed by atoms with Gasteiger partial charge in [0.25, 0.3) is 5.76 Å². The molecule has 23 heavy (non-hydrogen) atoms. The molecule has 1 aliphatic rings. The van der Waals surface area contributed by atoms with E-state index in [1.807, 2.05) is 0 Å². The Bertz CT molecular complexity index is 693. The first-order chi connectivity index (χ1) is 11.1. The van der Waals surface area contributed by atoms with Crippen molar-refractivity contribution in [3.05, 3.63) is 36.4 Å². The highest BCUT2D eigenvalue weighted by Gasteiger charge is 2.21. The van der Waals surface area contributed by atoms with E-state index in [9.17, 15) is 13.6 Å². The van der Waals surface area contributed by atoms with E-state index >= 15 is 0 Å². The zero-order valence-electron chi connectivity index (χ0n) is 12.1. The number of carbonyl (C=O) groups excluding carboxylic acids is 1. The lowest BCUT2D eigenvalue weighted by Gasteiger charge is -2.23. The third-order valence-electron chi connectivity index (χ3n) is 3.46. The van der Waals surface area contributed by atoms with E-state index < -0.39 is 5.76 Å². The number of halogens is 2. The van der Waals surface area contributed by atoms with E-state index in [2.05, 4.69) is 20.7 Å². The van der Waals surface area contributed by atoms with Gasteiger partial charge in [-0.15, -0.1) is 0 Å². The molecule has 6 nitrogen and oxygen atoms in total. The number of anilines is 1. The number of benzene rings is 1. The molecule has 0 aliphatic carbocycles. The molecule has 2 amide bonds. The maximum atomic E-state index is 12.4. The first kappa shape index (κ1) is 15.7. The molecule has 2 N–H and O–H groups in total. The fourth-order valence-electron chi connectivity index (χ4n) is 2.46. The molecule has 0 saturated heterocycles. The van der Waals surface area contributed by atoms with Crippen molar-refractivity contribution in [2.24, 2.45) is 0 Å². The first-order valence-corrected chi connectivity index (χ1v) is 7.97. The Balaban J connectivity index is 1.55. The molecule has 1 aromatic carbocycles. The van der Waals surface area contributed by atoms with Gasteiger partial charge < -0.3 is 10.6 Å². The van der Waals surface area contributed by atoms with Gasteiger partial charge in [-0.2, -0.15) is 13.9 Å². The summed E-state index contributed by atoms with van der Waals surface area (Å²) in [5, 5.41) is 9.63. The Morgan fingerprint density at radius 3 is 3.13 bits per heavy atom. The number of hydrogen-bond donors (Lipinski definition) is 2. The molecule has 3 rings (SSSR count). The highest BCUT2D eigenvalue weighted by molar-refractivity contribution is 7.99. The van der Waals surface area contributed by atoms with Crippen LogP contribution in [0.5, 0.6) is 0 Å². The van der Waals surface area contributed by atoms with Crippen LogP contribution >= 0.6 is 11.8 Å². The lowest BCUT2D eigenvalue weighted by molar-refractivity contribution is 0.243. The highest BCUT2D eigenvalue weighted by Crippen LogP contribution is 2.27. The molecule has 0 bridgehead atoms. The second-order valence-corrected chi connectivity index (χ2v) is 6.16. The minimum atomic E-state index is -2.49. The number of amides is 2. The van der Waals surface area contributed by atoms with Crippen molar-refractivity contribution < 1.29 is 13.6 Å². The number of thioether (sulfide) groups is 1. The van der Waals surface area contributed by atoms with Crippen LogP contribution in [0.1, 0.15) is 12.2 Å². The molecule has 1 aromatic heterocycles. The third kappa shape index (κ3) is 4.19. The van der Waals surface area contributed by atoms with Gasteiger partial charge in [-0.1, -0.05) is 17.8 Å². The lowest BCUT2D eigenvalue weighted by atomic mass is 10.1. The normalized spacial score (nSPS) is 16.9. The van der Waals surface area contributed by atoms with Gasteiger partial charge >= 0.3 is 6.03 Å². The number of alkyl halides is 2. The van der Waals surface area contributed by atoms with Crippen LogP contribution in [0.4, 0.5) is 19.3 Å². The van der Waals surface area contributed by atoms with E-state index in [1.165, 1.54) is 12.4 Å². The summed E-state index contributed by atoms with van der Waals surface area (Å²) in [6.45, 7) is 0.573. The summed E-state index contributed by atoms with van der Waals surface area (Å²) < 4.78 is 26.5. The SMILES string of the molecule is O=C(Nc1cccc(SC(F)F)c1)NC1CCc2ncnn2C1. The summed E-state index contributed by atoms with van der Waals surface area (Å²) in [7, 11) is 0. The summed E-state index contributed by atoms with van der Waals surface area (Å²) in [5.41, 5.74) is 0.477. The lowest BCUT2D eigenvalue weighted by Crippen LogP contribution is -2.43. The van der Waals surface area contributed by atoms with Crippen molar-refractivity contribution >= 4 is 23.5 Å². The van der Waals surface area contributed by atoms with Crippen LogP contribution in [0, 0.1) is 0 Å². The largest absolute Gasteiger partial charge is 0.333 e. The van der Waals surface area contributed by atoms with Gasteiger partial charge in [0.15, 0.2) is 0 Å². The predicted octanol–water partition coefficient (Wildman–Crippen LogP) is 2.73. The van der Waals surface area contributed by atoms with Gasteiger partial charge in [-0.3, -0.25) is 0 Å². The van der Waals surface area contributed by atoms with Crippen LogP contribution in [0.25, 0.3) is 0 Å². The standard InChI is InChI=1S/C14H15F2N5OS/c15-13(16)23-11-3-1-2-9(6-11)19-14(22)20-10-4-5-12-17-8-18-21(12)7-10/h1-3,6,8,10,13H,4-5,7H2,(H2,19,20,22). The Kier molecular flexibility index (Phi) is 4.75. The van der Waals surface area contributed by atoms with Crippen molar-refractivity contribution in [2.45, 2.75) is 36.1 Å². The summed E-state index contributed by atoms with van der Waals surface area (Å²) >= 11 is 0.445. The molecule has 122 valence electrons. The molecule has 0 fully saturated rings. The summed E-state index contributed by atoms with van der Waals surface area (Å²) in [5.74, 6) is -1.57. The quantitative estimate of drug-likeness (QED) is 0.840. The van der Waals surface area contributed by atoms with Crippen molar-refractivity contribution in [2.75, 3.05) is 5.32 Å². The first-order valence-electron chi connectivity index (χ1n) is 7.09. The average Bonchev–Trinajstić information content (AvgIpc) is 2.94. The Morgan fingerprint density at radius 2 is 2.30 bits per heavy atom. The minimum absolute atomic E-state index is 0.0391.